The molecule has 2 rings (SSSR count). The molecule has 19 heavy (non-hydrogen) atoms. The van der Waals surface area contributed by atoms with E-state index in [-0.39, 0.29) is 6.54 Å². The summed E-state index contributed by atoms with van der Waals surface area (Å²) in [5.41, 5.74) is 0.157. The van der Waals surface area contributed by atoms with E-state index in [4.69, 9.17) is 0 Å². The normalized spacial score (nSPS) is 13.5. The summed E-state index contributed by atoms with van der Waals surface area (Å²) >= 11 is 0. The first kappa shape index (κ1) is 13.5. The van der Waals surface area contributed by atoms with Crippen molar-refractivity contribution >= 4 is 0 Å². The molecule has 0 saturated carbocycles. The van der Waals surface area contributed by atoms with Crippen LogP contribution >= 0.6 is 0 Å². The zero-order valence-electron chi connectivity index (χ0n) is 10.1. The standard InChI is InChI=1S/C12H12F3N3O/c1-8(19)11-7-18(17-16-11)6-9-3-2-4-10(5-9)12(13,14)15/h2-5,7-8,19H,6H2,1H3/t8-/m1/s1. The van der Waals surface area contributed by atoms with Gasteiger partial charge in [-0.25, -0.2) is 4.68 Å². The third kappa shape index (κ3) is 3.31. The van der Waals surface area contributed by atoms with Gasteiger partial charge in [0.05, 0.1) is 24.4 Å². The third-order valence-corrected chi connectivity index (χ3v) is 2.58. The highest BCUT2D eigenvalue weighted by Gasteiger charge is 2.30. The number of aromatic nitrogens is 3. The highest BCUT2D eigenvalue weighted by Crippen LogP contribution is 2.29. The molecule has 102 valence electrons. The molecule has 0 unspecified atom stereocenters. The van der Waals surface area contributed by atoms with Crippen LogP contribution in [0.15, 0.2) is 30.5 Å². The average Bonchev–Trinajstić information content (AvgIpc) is 2.77. The number of nitrogens with zero attached hydrogens (tertiary/aromatic N) is 3. The topological polar surface area (TPSA) is 50.9 Å². The maximum atomic E-state index is 12.5. The molecule has 0 bridgehead atoms. The lowest BCUT2D eigenvalue weighted by Crippen LogP contribution is -2.07. The molecule has 1 heterocycles. The van der Waals surface area contributed by atoms with Crippen molar-refractivity contribution in [2.75, 3.05) is 0 Å². The molecule has 0 aliphatic heterocycles. The number of rotatable bonds is 3. The number of benzene rings is 1. The smallest absolute Gasteiger partial charge is 0.387 e. The van der Waals surface area contributed by atoms with Crippen molar-refractivity contribution in [3.8, 4) is 0 Å². The zero-order valence-corrected chi connectivity index (χ0v) is 10.1. The Labute approximate surface area is 107 Å². The quantitative estimate of drug-likeness (QED) is 0.932. The molecule has 7 heteroatoms. The lowest BCUT2D eigenvalue weighted by molar-refractivity contribution is -0.137. The molecular formula is C12H12F3N3O. The van der Waals surface area contributed by atoms with Crippen molar-refractivity contribution in [1.29, 1.82) is 0 Å². The van der Waals surface area contributed by atoms with Crippen LogP contribution in [-0.4, -0.2) is 20.1 Å². The van der Waals surface area contributed by atoms with Crippen molar-refractivity contribution in [3.63, 3.8) is 0 Å². The molecule has 4 nitrogen and oxygen atoms in total. The van der Waals surface area contributed by atoms with E-state index in [1.54, 1.807) is 13.0 Å². The van der Waals surface area contributed by atoms with E-state index >= 15 is 0 Å². The van der Waals surface area contributed by atoms with E-state index in [0.29, 0.717) is 11.3 Å². The number of alkyl halides is 3. The Balaban J connectivity index is 2.19. The predicted molar refractivity (Wildman–Crippen MR) is 61.2 cm³/mol. The van der Waals surface area contributed by atoms with Gasteiger partial charge in [-0.1, -0.05) is 17.3 Å². The van der Waals surface area contributed by atoms with Gasteiger partial charge in [0.25, 0.3) is 0 Å². The monoisotopic (exact) mass is 271 g/mol. The fourth-order valence-electron chi connectivity index (χ4n) is 1.62. The molecule has 0 spiro atoms. The van der Waals surface area contributed by atoms with E-state index in [1.807, 2.05) is 0 Å². The summed E-state index contributed by atoms with van der Waals surface area (Å²) in [7, 11) is 0. The molecule has 1 aromatic heterocycles. The Hall–Kier alpha value is -1.89. The first-order valence-corrected chi connectivity index (χ1v) is 5.60. The third-order valence-electron chi connectivity index (χ3n) is 2.58. The minimum Gasteiger partial charge on any atom is -0.387 e. The maximum absolute atomic E-state index is 12.5. The summed E-state index contributed by atoms with van der Waals surface area (Å²) in [4.78, 5) is 0. The summed E-state index contributed by atoms with van der Waals surface area (Å²) in [5, 5.41) is 16.8. The summed E-state index contributed by atoms with van der Waals surface area (Å²) in [5.74, 6) is 0. The van der Waals surface area contributed by atoms with E-state index < -0.39 is 17.8 Å². The minimum absolute atomic E-state index is 0.170. The van der Waals surface area contributed by atoms with Crippen LogP contribution in [0.4, 0.5) is 13.2 Å². The lowest BCUT2D eigenvalue weighted by Gasteiger charge is -2.08. The van der Waals surface area contributed by atoms with Gasteiger partial charge >= 0.3 is 6.18 Å². The van der Waals surface area contributed by atoms with Gasteiger partial charge in [0, 0.05) is 0 Å². The Kier molecular flexibility index (Phi) is 3.57. The van der Waals surface area contributed by atoms with Crippen LogP contribution in [0.3, 0.4) is 0 Å². The number of hydrogen-bond acceptors (Lipinski definition) is 3. The van der Waals surface area contributed by atoms with Crippen molar-refractivity contribution in [1.82, 2.24) is 15.0 Å². The van der Waals surface area contributed by atoms with Crippen molar-refractivity contribution in [2.45, 2.75) is 25.7 Å². The Morgan fingerprint density at radius 1 is 1.37 bits per heavy atom. The van der Waals surface area contributed by atoms with Crippen molar-refractivity contribution in [2.24, 2.45) is 0 Å². The summed E-state index contributed by atoms with van der Waals surface area (Å²) < 4.78 is 39.0. The highest BCUT2D eigenvalue weighted by molar-refractivity contribution is 5.25. The number of aliphatic hydroxyl groups is 1. The van der Waals surface area contributed by atoms with Crippen LogP contribution in [0.1, 0.15) is 29.8 Å². The van der Waals surface area contributed by atoms with Gasteiger partial charge in [-0.2, -0.15) is 13.2 Å². The largest absolute Gasteiger partial charge is 0.416 e. The fourth-order valence-corrected chi connectivity index (χ4v) is 1.62. The second-order valence-corrected chi connectivity index (χ2v) is 4.22. The SMILES string of the molecule is C[C@@H](O)c1cn(Cc2cccc(C(F)(F)F)c2)nn1. The van der Waals surface area contributed by atoms with Gasteiger partial charge in [-0.05, 0) is 24.6 Å². The number of hydrogen-bond donors (Lipinski definition) is 1. The molecule has 1 aromatic carbocycles. The molecule has 0 fully saturated rings. The van der Waals surface area contributed by atoms with E-state index in [9.17, 15) is 18.3 Å². The van der Waals surface area contributed by atoms with E-state index in [1.165, 1.54) is 16.9 Å². The van der Waals surface area contributed by atoms with Gasteiger partial charge in [0.1, 0.15) is 5.69 Å². The molecular weight excluding hydrogens is 259 g/mol. The van der Waals surface area contributed by atoms with Gasteiger partial charge in [-0.3, -0.25) is 0 Å². The first-order chi connectivity index (χ1) is 8.86. The highest BCUT2D eigenvalue weighted by atomic mass is 19.4. The fraction of sp³-hybridized carbons (Fsp3) is 0.333. The van der Waals surface area contributed by atoms with Crippen LogP contribution in [-0.2, 0) is 12.7 Å². The Bertz CT molecular complexity index is 563. The van der Waals surface area contributed by atoms with Gasteiger partial charge < -0.3 is 5.11 Å². The lowest BCUT2D eigenvalue weighted by atomic mass is 10.1. The Morgan fingerprint density at radius 3 is 2.68 bits per heavy atom. The summed E-state index contributed by atoms with van der Waals surface area (Å²) in [6.45, 7) is 1.71. The molecule has 0 aliphatic rings. The summed E-state index contributed by atoms with van der Waals surface area (Å²) in [6.07, 6.45) is -3.61. The predicted octanol–water partition coefficient (Wildman–Crippen LogP) is 2.40. The maximum Gasteiger partial charge on any atom is 0.416 e. The number of aliphatic hydroxyl groups excluding tert-OH is 1. The van der Waals surface area contributed by atoms with Crippen LogP contribution in [0.25, 0.3) is 0 Å². The van der Waals surface area contributed by atoms with Gasteiger partial charge in [0.15, 0.2) is 0 Å². The molecule has 1 N–H and O–H groups in total. The molecule has 0 radical (unpaired) electrons. The van der Waals surface area contributed by atoms with Crippen LogP contribution in [0.2, 0.25) is 0 Å². The van der Waals surface area contributed by atoms with Gasteiger partial charge in [-0.15, -0.1) is 5.10 Å². The zero-order chi connectivity index (χ0) is 14.0. The second kappa shape index (κ2) is 5.00. The van der Waals surface area contributed by atoms with E-state index in [0.717, 1.165) is 12.1 Å². The second-order valence-electron chi connectivity index (χ2n) is 4.22. The summed E-state index contributed by atoms with van der Waals surface area (Å²) in [6, 6.07) is 5.03. The van der Waals surface area contributed by atoms with Crippen molar-refractivity contribution in [3.05, 3.63) is 47.3 Å². The van der Waals surface area contributed by atoms with E-state index in [2.05, 4.69) is 10.3 Å². The van der Waals surface area contributed by atoms with Crippen LogP contribution in [0, 0.1) is 0 Å². The Morgan fingerprint density at radius 2 is 2.11 bits per heavy atom. The first-order valence-electron chi connectivity index (χ1n) is 5.60. The molecule has 0 saturated heterocycles. The van der Waals surface area contributed by atoms with Crippen LogP contribution in [0.5, 0.6) is 0 Å². The molecule has 1 atom stereocenters. The minimum atomic E-state index is -4.36. The number of halogens is 3. The molecule has 2 aromatic rings. The van der Waals surface area contributed by atoms with Gasteiger partial charge in [0.2, 0.25) is 0 Å². The molecule has 0 aliphatic carbocycles. The molecule has 0 amide bonds. The van der Waals surface area contributed by atoms with Crippen molar-refractivity contribution < 1.29 is 18.3 Å². The van der Waals surface area contributed by atoms with Crippen LogP contribution < -0.4 is 0 Å². The average molecular weight is 271 g/mol.